The Morgan fingerprint density at radius 1 is 1.12 bits per heavy atom. The van der Waals surface area contributed by atoms with Crippen molar-refractivity contribution >= 4 is 11.6 Å². The summed E-state index contributed by atoms with van der Waals surface area (Å²) >= 11 is 0. The van der Waals surface area contributed by atoms with Crippen LogP contribution in [0.3, 0.4) is 0 Å². The fraction of sp³-hybridized carbons (Fsp3) is 0.111. The second-order valence-corrected chi connectivity index (χ2v) is 5.20. The molecule has 0 unspecified atom stereocenters. The summed E-state index contributed by atoms with van der Waals surface area (Å²) in [5, 5.41) is 23.4. The second-order valence-electron chi connectivity index (χ2n) is 5.20. The Morgan fingerprint density at radius 2 is 1.92 bits per heavy atom. The van der Waals surface area contributed by atoms with Crippen LogP contribution >= 0.6 is 0 Å². The van der Waals surface area contributed by atoms with E-state index in [1.54, 1.807) is 42.5 Å². The molecule has 0 amide bonds. The standard InChI is InChI=1S/C18H16N2O4/c1-11(9-12-7-8-15(22)16(10-12)23-2)17-19-18(24-20-17)13-5-3-4-6-14(13)21/h3-10,21-22H,1-2H3/b11-9+. The molecule has 6 heteroatoms. The molecule has 0 aliphatic carbocycles. The van der Waals surface area contributed by atoms with Gasteiger partial charge in [-0.1, -0.05) is 23.4 Å². The third kappa shape index (κ3) is 3.08. The van der Waals surface area contributed by atoms with Gasteiger partial charge < -0.3 is 19.5 Å². The lowest BCUT2D eigenvalue weighted by atomic mass is 10.1. The number of benzene rings is 2. The first kappa shape index (κ1) is 15.6. The molecule has 3 aromatic rings. The molecule has 0 saturated heterocycles. The second kappa shape index (κ2) is 6.45. The van der Waals surface area contributed by atoms with Gasteiger partial charge in [-0.3, -0.25) is 0 Å². The Kier molecular flexibility index (Phi) is 4.20. The van der Waals surface area contributed by atoms with E-state index in [1.807, 2.05) is 13.0 Å². The lowest BCUT2D eigenvalue weighted by Gasteiger charge is -2.04. The fourth-order valence-electron chi connectivity index (χ4n) is 2.25. The molecule has 6 nitrogen and oxygen atoms in total. The lowest BCUT2D eigenvalue weighted by molar-refractivity contribution is 0.373. The fourth-order valence-corrected chi connectivity index (χ4v) is 2.25. The zero-order chi connectivity index (χ0) is 17.1. The van der Waals surface area contributed by atoms with Gasteiger partial charge in [0, 0.05) is 0 Å². The minimum absolute atomic E-state index is 0.0775. The molecule has 0 saturated carbocycles. The van der Waals surface area contributed by atoms with Crippen LogP contribution in [0.2, 0.25) is 0 Å². The molecule has 1 heterocycles. The number of phenolic OH excluding ortho intramolecular Hbond substituents is 2. The van der Waals surface area contributed by atoms with E-state index in [4.69, 9.17) is 9.26 Å². The minimum Gasteiger partial charge on any atom is -0.507 e. The van der Waals surface area contributed by atoms with E-state index in [9.17, 15) is 10.2 Å². The van der Waals surface area contributed by atoms with Gasteiger partial charge in [0.05, 0.1) is 12.7 Å². The monoisotopic (exact) mass is 324 g/mol. The summed E-state index contributed by atoms with van der Waals surface area (Å²) in [6.07, 6.45) is 1.85. The van der Waals surface area contributed by atoms with Crippen molar-refractivity contribution in [3.8, 4) is 28.7 Å². The number of para-hydroxylation sites is 1. The number of phenols is 2. The zero-order valence-electron chi connectivity index (χ0n) is 13.2. The van der Waals surface area contributed by atoms with E-state index >= 15 is 0 Å². The Bertz CT molecular complexity index is 900. The van der Waals surface area contributed by atoms with Crippen molar-refractivity contribution in [3.05, 3.63) is 53.9 Å². The van der Waals surface area contributed by atoms with Gasteiger partial charge in [-0.15, -0.1) is 0 Å². The SMILES string of the molecule is COc1cc(/C=C(\C)c2noc(-c3ccccc3O)n2)ccc1O. The molecule has 2 aromatic carbocycles. The maximum atomic E-state index is 9.85. The Morgan fingerprint density at radius 3 is 2.67 bits per heavy atom. The van der Waals surface area contributed by atoms with E-state index in [0.29, 0.717) is 17.1 Å². The number of allylic oxidation sites excluding steroid dienone is 1. The van der Waals surface area contributed by atoms with E-state index in [2.05, 4.69) is 10.1 Å². The molecule has 24 heavy (non-hydrogen) atoms. The van der Waals surface area contributed by atoms with Crippen molar-refractivity contribution in [2.24, 2.45) is 0 Å². The highest BCUT2D eigenvalue weighted by Gasteiger charge is 2.13. The summed E-state index contributed by atoms with van der Waals surface area (Å²) in [6.45, 7) is 1.85. The molecule has 2 N–H and O–H groups in total. The van der Waals surface area contributed by atoms with E-state index in [1.165, 1.54) is 7.11 Å². The number of nitrogens with zero attached hydrogens (tertiary/aromatic N) is 2. The van der Waals surface area contributed by atoms with Crippen molar-refractivity contribution < 1.29 is 19.5 Å². The summed E-state index contributed by atoms with van der Waals surface area (Å²) in [5.74, 6) is 1.21. The molecular weight excluding hydrogens is 308 g/mol. The maximum absolute atomic E-state index is 9.85. The Balaban J connectivity index is 1.91. The number of ether oxygens (including phenoxy) is 1. The van der Waals surface area contributed by atoms with Crippen LogP contribution < -0.4 is 4.74 Å². The first-order valence-corrected chi connectivity index (χ1v) is 7.26. The zero-order valence-corrected chi connectivity index (χ0v) is 13.2. The first-order valence-electron chi connectivity index (χ1n) is 7.26. The number of hydrogen-bond acceptors (Lipinski definition) is 6. The topological polar surface area (TPSA) is 88.6 Å². The molecule has 0 atom stereocenters. The average molecular weight is 324 g/mol. The van der Waals surface area contributed by atoms with E-state index in [0.717, 1.165) is 11.1 Å². The van der Waals surface area contributed by atoms with Gasteiger partial charge in [0.1, 0.15) is 5.75 Å². The quantitative estimate of drug-likeness (QED) is 0.760. The third-order valence-corrected chi connectivity index (χ3v) is 3.50. The van der Waals surface area contributed by atoms with Crippen molar-refractivity contribution in [1.29, 1.82) is 0 Å². The van der Waals surface area contributed by atoms with Crippen LogP contribution in [0.4, 0.5) is 0 Å². The minimum atomic E-state index is 0.0775. The van der Waals surface area contributed by atoms with Gasteiger partial charge in [0.25, 0.3) is 5.89 Å². The van der Waals surface area contributed by atoms with Crippen molar-refractivity contribution in [1.82, 2.24) is 10.1 Å². The number of rotatable bonds is 4. The molecule has 3 rings (SSSR count). The summed E-state index contributed by atoms with van der Waals surface area (Å²) in [5.41, 5.74) is 2.08. The molecule has 0 aliphatic heterocycles. The van der Waals surface area contributed by atoms with Crippen LogP contribution in [0.5, 0.6) is 17.2 Å². The normalized spacial score (nSPS) is 11.5. The van der Waals surface area contributed by atoms with Crippen LogP contribution in [0.1, 0.15) is 18.3 Å². The van der Waals surface area contributed by atoms with Crippen molar-refractivity contribution in [3.63, 3.8) is 0 Å². The van der Waals surface area contributed by atoms with E-state index in [-0.39, 0.29) is 17.4 Å². The summed E-state index contributed by atoms with van der Waals surface area (Å²) in [6, 6.07) is 11.8. The molecule has 0 radical (unpaired) electrons. The smallest absolute Gasteiger partial charge is 0.261 e. The molecule has 0 fully saturated rings. The van der Waals surface area contributed by atoms with Crippen molar-refractivity contribution in [2.75, 3.05) is 7.11 Å². The van der Waals surface area contributed by atoms with Crippen LogP contribution in [0, 0.1) is 0 Å². The van der Waals surface area contributed by atoms with Gasteiger partial charge in [-0.25, -0.2) is 0 Å². The highest BCUT2D eigenvalue weighted by Crippen LogP contribution is 2.30. The van der Waals surface area contributed by atoms with Crippen LogP contribution in [-0.2, 0) is 0 Å². The molecule has 0 aliphatic rings. The number of aromatic hydroxyl groups is 2. The summed E-state index contributed by atoms with van der Waals surface area (Å²) in [4.78, 5) is 4.31. The molecule has 0 spiro atoms. The highest BCUT2D eigenvalue weighted by atomic mass is 16.5. The average Bonchev–Trinajstić information content (AvgIpc) is 3.07. The molecular formula is C18H16N2O4. The van der Waals surface area contributed by atoms with Gasteiger partial charge >= 0.3 is 0 Å². The van der Waals surface area contributed by atoms with Crippen LogP contribution in [0.25, 0.3) is 23.1 Å². The van der Waals surface area contributed by atoms with Gasteiger partial charge in [-0.2, -0.15) is 4.98 Å². The van der Waals surface area contributed by atoms with Gasteiger partial charge in [0.2, 0.25) is 0 Å². The molecule has 122 valence electrons. The summed E-state index contributed by atoms with van der Waals surface area (Å²) in [7, 11) is 1.49. The molecule has 0 bridgehead atoms. The van der Waals surface area contributed by atoms with E-state index < -0.39 is 0 Å². The predicted molar refractivity (Wildman–Crippen MR) is 89.6 cm³/mol. The van der Waals surface area contributed by atoms with Gasteiger partial charge in [-0.05, 0) is 48.4 Å². The Hall–Kier alpha value is -3.28. The number of hydrogen-bond donors (Lipinski definition) is 2. The number of aromatic nitrogens is 2. The first-order chi connectivity index (χ1) is 11.6. The lowest BCUT2D eigenvalue weighted by Crippen LogP contribution is -1.86. The van der Waals surface area contributed by atoms with Crippen LogP contribution in [-0.4, -0.2) is 27.5 Å². The maximum Gasteiger partial charge on any atom is 0.261 e. The largest absolute Gasteiger partial charge is 0.507 e. The Labute approximate surface area is 138 Å². The van der Waals surface area contributed by atoms with Crippen LogP contribution in [0.15, 0.2) is 47.0 Å². The summed E-state index contributed by atoms with van der Waals surface area (Å²) < 4.78 is 10.3. The number of methoxy groups -OCH3 is 1. The van der Waals surface area contributed by atoms with Gasteiger partial charge in [0.15, 0.2) is 17.3 Å². The molecule has 1 aromatic heterocycles. The third-order valence-electron chi connectivity index (χ3n) is 3.50. The van der Waals surface area contributed by atoms with Crippen molar-refractivity contribution in [2.45, 2.75) is 6.92 Å². The highest BCUT2D eigenvalue weighted by molar-refractivity contribution is 5.78. The predicted octanol–water partition coefficient (Wildman–Crippen LogP) is 3.72.